The molecular weight excluding hydrogens is 222 g/mol. The quantitative estimate of drug-likeness (QED) is 0.691. The topological polar surface area (TPSA) is 35.2 Å². The summed E-state index contributed by atoms with van der Waals surface area (Å²) in [5.41, 5.74) is 7.05. The Morgan fingerprint density at radius 3 is 2.50 bits per heavy atom. The molecule has 2 atom stereocenters. The number of benzene rings is 1. The number of rotatable bonds is 8. The van der Waals surface area contributed by atoms with E-state index in [0.29, 0.717) is 0 Å². The summed E-state index contributed by atoms with van der Waals surface area (Å²) >= 11 is 0. The fourth-order valence-electron chi connectivity index (χ4n) is 2.10. The Kier molecular flexibility index (Phi) is 6.81. The van der Waals surface area contributed by atoms with Gasteiger partial charge in [-0.2, -0.15) is 0 Å². The maximum Gasteiger partial charge on any atom is 0.124 e. The molecule has 0 saturated heterocycles. The van der Waals surface area contributed by atoms with Crippen LogP contribution >= 0.6 is 0 Å². The molecule has 0 aromatic heterocycles. The van der Waals surface area contributed by atoms with E-state index in [2.05, 4.69) is 13.8 Å². The van der Waals surface area contributed by atoms with E-state index in [1.165, 1.54) is 25.7 Å². The zero-order chi connectivity index (χ0) is 13.4. The van der Waals surface area contributed by atoms with Crippen LogP contribution in [0.4, 0.5) is 0 Å². The molecular formula is C16H27NO. The Bertz CT molecular complexity index is 336. The first-order valence-corrected chi connectivity index (χ1v) is 7.16. The molecule has 0 aliphatic heterocycles. The van der Waals surface area contributed by atoms with Crippen LogP contribution in [0, 0.1) is 0 Å². The molecule has 2 N–H and O–H groups in total. The highest BCUT2D eigenvalue weighted by atomic mass is 16.5. The first kappa shape index (κ1) is 15.0. The number of unbranched alkanes of at least 4 members (excludes halogenated alkanes) is 3. The van der Waals surface area contributed by atoms with Gasteiger partial charge in [0.2, 0.25) is 0 Å². The standard InChI is InChI=1S/C16H27NO/c1-4-5-6-7-10-13(2)18-16-12-9-8-11-15(16)14(3)17/h8-9,11-14H,4-7,10,17H2,1-3H3/t13?,14-/m1/s1. The van der Waals surface area contributed by atoms with Crippen molar-refractivity contribution in [2.24, 2.45) is 5.73 Å². The molecule has 0 fully saturated rings. The van der Waals surface area contributed by atoms with Crippen LogP contribution in [0.3, 0.4) is 0 Å². The first-order chi connectivity index (χ1) is 8.65. The summed E-state index contributed by atoms with van der Waals surface area (Å²) in [7, 11) is 0. The van der Waals surface area contributed by atoms with E-state index in [1.54, 1.807) is 0 Å². The second kappa shape index (κ2) is 8.15. The van der Waals surface area contributed by atoms with Crippen molar-refractivity contribution in [3.63, 3.8) is 0 Å². The normalized spacial score (nSPS) is 14.2. The zero-order valence-corrected chi connectivity index (χ0v) is 12.0. The van der Waals surface area contributed by atoms with E-state index >= 15 is 0 Å². The molecule has 0 amide bonds. The average Bonchev–Trinajstić information content (AvgIpc) is 2.35. The van der Waals surface area contributed by atoms with Gasteiger partial charge in [0, 0.05) is 11.6 Å². The van der Waals surface area contributed by atoms with Crippen LogP contribution in [0.25, 0.3) is 0 Å². The fourth-order valence-corrected chi connectivity index (χ4v) is 2.10. The lowest BCUT2D eigenvalue weighted by Crippen LogP contribution is -2.15. The maximum absolute atomic E-state index is 6.01. The van der Waals surface area contributed by atoms with Gasteiger partial charge in [-0.05, 0) is 32.8 Å². The van der Waals surface area contributed by atoms with Gasteiger partial charge < -0.3 is 10.5 Å². The highest BCUT2D eigenvalue weighted by Gasteiger charge is 2.10. The van der Waals surface area contributed by atoms with Gasteiger partial charge in [-0.3, -0.25) is 0 Å². The molecule has 1 aromatic carbocycles. The minimum absolute atomic E-state index is 0.0218. The molecule has 2 heteroatoms. The third-order valence-electron chi connectivity index (χ3n) is 3.20. The monoisotopic (exact) mass is 249 g/mol. The molecule has 0 heterocycles. The van der Waals surface area contributed by atoms with Gasteiger partial charge in [0.15, 0.2) is 0 Å². The highest BCUT2D eigenvalue weighted by Crippen LogP contribution is 2.25. The largest absolute Gasteiger partial charge is 0.490 e. The smallest absolute Gasteiger partial charge is 0.124 e. The van der Waals surface area contributed by atoms with Crippen LogP contribution in [0.2, 0.25) is 0 Å². The van der Waals surface area contributed by atoms with Gasteiger partial charge in [0.05, 0.1) is 6.10 Å². The van der Waals surface area contributed by atoms with Crippen LogP contribution in [0.15, 0.2) is 24.3 Å². The second-order valence-electron chi connectivity index (χ2n) is 5.10. The third-order valence-corrected chi connectivity index (χ3v) is 3.20. The lowest BCUT2D eigenvalue weighted by Gasteiger charge is -2.18. The predicted octanol–water partition coefficient (Wildman–Crippen LogP) is 4.44. The lowest BCUT2D eigenvalue weighted by atomic mass is 10.1. The summed E-state index contributed by atoms with van der Waals surface area (Å²) < 4.78 is 6.01. The van der Waals surface area contributed by atoms with E-state index in [0.717, 1.165) is 17.7 Å². The summed E-state index contributed by atoms with van der Waals surface area (Å²) in [6.07, 6.45) is 6.54. The molecule has 0 aliphatic rings. The van der Waals surface area contributed by atoms with Crippen molar-refractivity contribution >= 4 is 0 Å². The van der Waals surface area contributed by atoms with Crippen LogP contribution in [-0.4, -0.2) is 6.10 Å². The minimum Gasteiger partial charge on any atom is -0.490 e. The molecule has 2 nitrogen and oxygen atoms in total. The second-order valence-corrected chi connectivity index (χ2v) is 5.10. The lowest BCUT2D eigenvalue weighted by molar-refractivity contribution is 0.203. The summed E-state index contributed by atoms with van der Waals surface area (Å²) in [6.45, 7) is 6.37. The van der Waals surface area contributed by atoms with Gasteiger partial charge in [-0.1, -0.05) is 44.4 Å². The van der Waals surface area contributed by atoms with Gasteiger partial charge in [0.25, 0.3) is 0 Å². The van der Waals surface area contributed by atoms with E-state index in [-0.39, 0.29) is 12.1 Å². The van der Waals surface area contributed by atoms with E-state index in [4.69, 9.17) is 10.5 Å². The van der Waals surface area contributed by atoms with Crippen molar-refractivity contribution in [3.05, 3.63) is 29.8 Å². The molecule has 0 bridgehead atoms. The van der Waals surface area contributed by atoms with E-state index in [9.17, 15) is 0 Å². The Balaban J connectivity index is 2.46. The van der Waals surface area contributed by atoms with Crippen molar-refractivity contribution in [2.75, 3.05) is 0 Å². The van der Waals surface area contributed by atoms with Crippen LogP contribution in [0.5, 0.6) is 5.75 Å². The van der Waals surface area contributed by atoms with Crippen LogP contribution < -0.4 is 10.5 Å². The fraction of sp³-hybridized carbons (Fsp3) is 0.625. The van der Waals surface area contributed by atoms with Gasteiger partial charge in [-0.25, -0.2) is 0 Å². The van der Waals surface area contributed by atoms with Gasteiger partial charge in [0.1, 0.15) is 5.75 Å². The molecule has 0 radical (unpaired) electrons. The Labute approximate surface area is 112 Å². The van der Waals surface area contributed by atoms with Crippen molar-refractivity contribution in [1.29, 1.82) is 0 Å². The number of nitrogens with two attached hydrogens (primary N) is 1. The summed E-state index contributed by atoms with van der Waals surface area (Å²) in [4.78, 5) is 0. The van der Waals surface area contributed by atoms with Gasteiger partial charge in [-0.15, -0.1) is 0 Å². The molecule has 102 valence electrons. The average molecular weight is 249 g/mol. The Hall–Kier alpha value is -1.02. The van der Waals surface area contributed by atoms with E-state index < -0.39 is 0 Å². The number of hydrogen-bond donors (Lipinski definition) is 1. The van der Waals surface area contributed by atoms with Gasteiger partial charge >= 0.3 is 0 Å². The van der Waals surface area contributed by atoms with Crippen LogP contribution in [-0.2, 0) is 0 Å². The SMILES string of the molecule is CCCCCCC(C)Oc1ccccc1[C@@H](C)N. The Morgan fingerprint density at radius 1 is 1.11 bits per heavy atom. The summed E-state index contributed by atoms with van der Waals surface area (Å²) in [5, 5.41) is 0. The highest BCUT2D eigenvalue weighted by molar-refractivity contribution is 5.35. The maximum atomic E-state index is 6.01. The predicted molar refractivity (Wildman–Crippen MR) is 77.9 cm³/mol. The zero-order valence-electron chi connectivity index (χ0n) is 12.0. The van der Waals surface area contributed by atoms with Crippen molar-refractivity contribution in [1.82, 2.24) is 0 Å². The van der Waals surface area contributed by atoms with Crippen molar-refractivity contribution in [3.8, 4) is 5.75 Å². The van der Waals surface area contributed by atoms with Crippen LogP contribution in [0.1, 0.15) is 64.5 Å². The van der Waals surface area contributed by atoms with E-state index in [1.807, 2.05) is 31.2 Å². The number of ether oxygens (including phenoxy) is 1. The van der Waals surface area contributed by atoms with Crippen molar-refractivity contribution in [2.45, 2.75) is 65.0 Å². The summed E-state index contributed by atoms with van der Waals surface area (Å²) in [5.74, 6) is 0.940. The van der Waals surface area contributed by atoms with Crippen molar-refractivity contribution < 1.29 is 4.74 Å². The minimum atomic E-state index is 0.0218. The first-order valence-electron chi connectivity index (χ1n) is 7.16. The third kappa shape index (κ3) is 5.09. The summed E-state index contributed by atoms with van der Waals surface area (Å²) in [6, 6.07) is 8.10. The molecule has 0 saturated carbocycles. The molecule has 18 heavy (non-hydrogen) atoms. The molecule has 0 spiro atoms. The Morgan fingerprint density at radius 2 is 1.83 bits per heavy atom. The number of para-hydroxylation sites is 1. The molecule has 1 unspecified atom stereocenters. The molecule has 1 aromatic rings. The molecule has 0 aliphatic carbocycles. The molecule has 1 rings (SSSR count). The number of hydrogen-bond acceptors (Lipinski definition) is 2.